The third kappa shape index (κ3) is 1.43. The molecule has 1 atom stereocenters. The fourth-order valence-corrected chi connectivity index (χ4v) is 1.09. The van der Waals surface area contributed by atoms with E-state index in [1.807, 2.05) is 13.8 Å². The Hall–Kier alpha value is -1.03. The highest BCUT2D eigenvalue weighted by Crippen LogP contribution is 2.21. The van der Waals surface area contributed by atoms with E-state index in [1.165, 1.54) is 0 Å². The van der Waals surface area contributed by atoms with E-state index in [1.54, 1.807) is 19.5 Å². The lowest BCUT2D eigenvalue weighted by atomic mass is 10.1. The molecule has 0 radical (unpaired) electrons. The van der Waals surface area contributed by atoms with Crippen LogP contribution in [0.15, 0.2) is 16.9 Å². The summed E-state index contributed by atoms with van der Waals surface area (Å²) in [5.41, 5.74) is 6.12. The molecule has 1 aliphatic rings. The van der Waals surface area contributed by atoms with Gasteiger partial charge in [-0.3, -0.25) is 0 Å². The van der Waals surface area contributed by atoms with Gasteiger partial charge in [0.2, 0.25) is 5.85 Å². The number of methoxy groups -OCH3 is 1. The van der Waals surface area contributed by atoms with Crippen LogP contribution in [0.3, 0.4) is 0 Å². The number of aliphatic imine (C=N–C) groups is 1. The molecule has 68 valence electrons. The van der Waals surface area contributed by atoms with Crippen LogP contribution in [0.5, 0.6) is 0 Å². The summed E-state index contributed by atoms with van der Waals surface area (Å²) in [4.78, 5) is 4.21. The van der Waals surface area contributed by atoms with Crippen molar-refractivity contribution in [2.45, 2.75) is 19.7 Å². The topological polar surface area (TPSA) is 59.6 Å². The number of nitrogens with two attached hydrogens (primary N) is 1. The number of rotatable bonds is 2. The second kappa shape index (κ2) is 3.15. The molecule has 12 heavy (non-hydrogen) atoms. The molecule has 1 heterocycles. The fraction of sp³-hybridized carbons (Fsp3) is 0.625. The van der Waals surface area contributed by atoms with Crippen molar-refractivity contribution >= 4 is 6.21 Å². The average molecular weight is 169 g/mol. The van der Waals surface area contributed by atoms with Crippen LogP contribution in [0.2, 0.25) is 0 Å². The van der Waals surface area contributed by atoms with Gasteiger partial charge in [-0.2, -0.15) is 0 Å². The summed E-state index contributed by atoms with van der Waals surface area (Å²) in [6.45, 7) is 4.06. The molecule has 0 aromatic carbocycles. The minimum Gasteiger partial charge on any atom is -0.396 e. The number of nitrogens with one attached hydrogen (secondary N) is 1. The standard InChI is InChI=1S/C8H15N3O/c1-6(2)8(12-3)10-4-7(9)5-11-8/h4-6,10H,9H2,1-3H3. The molecule has 0 aromatic rings. The molecule has 0 spiro atoms. The molecule has 0 bridgehead atoms. The maximum absolute atomic E-state index is 5.50. The van der Waals surface area contributed by atoms with Crippen LogP contribution >= 0.6 is 0 Å². The first-order valence-corrected chi connectivity index (χ1v) is 3.94. The first-order valence-electron chi connectivity index (χ1n) is 3.94. The number of hydrogen-bond acceptors (Lipinski definition) is 4. The Morgan fingerprint density at radius 3 is 2.67 bits per heavy atom. The summed E-state index contributed by atoms with van der Waals surface area (Å²) in [6.07, 6.45) is 3.32. The lowest BCUT2D eigenvalue weighted by Gasteiger charge is -2.34. The maximum atomic E-state index is 5.50. The van der Waals surface area contributed by atoms with Crippen molar-refractivity contribution in [3.8, 4) is 0 Å². The van der Waals surface area contributed by atoms with Crippen LogP contribution in [-0.2, 0) is 4.74 Å². The Balaban J connectivity index is 2.80. The van der Waals surface area contributed by atoms with Gasteiger partial charge in [-0.25, -0.2) is 4.99 Å². The second-order valence-electron chi connectivity index (χ2n) is 3.10. The maximum Gasteiger partial charge on any atom is 0.238 e. The number of allylic oxidation sites excluding steroid dienone is 1. The monoisotopic (exact) mass is 169 g/mol. The van der Waals surface area contributed by atoms with E-state index in [4.69, 9.17) is 10.5 Å². The highest BCUT2D eigenvalue weighted by molar-refractivity contribution is 5.78. The summed E-state index contributed by atoms with van der Waals surface area (Å²) in [6, 6.07) is 0. The first kappa shape index (κ1) is 9.06. The Labute approximate surface area is 72.5 Å². The molecule has 1 unspecified atom stereocenters. The van der Waals surface area contributed by atoms with E-state index in [0.717, 1.165) is 0 Å². The predicted molar refractivity (Wildman–Crippen MR) is 48.5 cm³/mol. The van der Waals surface area contributed by atoms with Crippen LogP contribution in [0, 0.1) is 5.92 Å². The zero-order chi connectivity index (χ0) is 9.19. The molecule has 3 N–H and O–H groups in total. The lowest BCUT2D eigenvalue weighted by molar-refractivity contribution is -0.0587. The smallest absolute Gasteiger partial charge is 0.238 e. The molecule has 4 heteroatoms. The zero-order valence-corrected chi connectivity index (χ0v) is 7.66. The van der Waals surface area contributed by atoms with Gasteiger partial charge in [0.05, 0.1) is 11.9 Å². The van der Waals surface area contributed by atoms with Crippen molar-refractivity contribution in [2.24, 2.45) is 16.6 Å². The molecule has 0 aliphatic carbocycles. The van der Waals surface area contributed by atoms with Crippen LogP contribution < -0.4 is 11.1 Å². The van der Waals surface area contributed by atoms with Gasteiger partial charge in [0.15, 0.2) is 0 Å². The van der Waals surface area contributed by atoms with E-state index < -0.39 is 5.85 Å². The predicted octanol–water partition coefficient (Wildman–Crippen LogP) is 0.417. The van der Waals surface area contributed by atoms with E-state index in [9.17, 15) is 0 Å². The summed E-state index contributed by atoms with van der Waals surface area (Å²) in [5.74, 6) is -0.383. The Kier molecular flexibility index (Phi) is 2.38. The van der Waals surface area contributed by atoms with Gasteiger partial charge in [-0.05, 0) is 0 Å². The van der Waals surface area contributed by atoms with Crippen LogP contribution in [0.4, 0.5) is 0 Å². The molecule has 0 fully saturated rings. The molecule has 0 amide bonds. The molecule has 0 saturated heterocycles. The number of ether oxygens (including phenoxy) is 1. The zero-order valence-electron chi connectivity index (χ0n) is 7.66. The fourth-order valence-electron chi connectivity index (χ4n) is 1.09. The van der Waals surface area contributed by atoms with E-state index in [-0.39, 0.29) is 5.92 Å². The third-order valence-corrected chi connectivity index (χ3v) is 1.94. The van der Waals surface area contributed by atoms with Gasteiger partial charge < -0.3 is 15.8 Å². The first-order chi connectivity index (χ1) is 5.60. The lowest BCUT2D eigenvalue weighted by Crippen LogP contribution is -2.49. The molecule has 0 saturated carbocycles. The second-order valence-corrected chi connectivity index (χ2v) is 3.10. The highest BCUT2D eigenvalue weighted by atomic mass is 16.5. The van der Waals surface area contributed by atoms with E-state index >= 15 is 0 Å². The highest BCUT2D eigenvalue weighted by Gasteiger charge is 2.32. The molecular formula is C8H15N3O. The molecule has 1 aliphatic heterocycles. The largest absolute Gasteiger partial charge is 0.396 e. The number of hydrogen-bond donors (Lipinski definition) is 2. The van der Waals surface area contributed by atoms with Crippen molar-refractivity contribution < 1.29 is 4.74 Å². The summed E-state index contributed by atoms with van der Waals surface area (Å²) in [7, 11) is 1.62. The normalized spacial score (nSPS) is 28.5. The van der Waals surface area contributed by atoms with E-state index in [2.05, 4.69) is 10.3 Å². The molecule has 1 rings (SSSR count). The summed E-state index contributed by atoms with van der Waals surface area (Å²) < 4.78 is 5.28. The van der Waals surface area contributed by atoms with Gasteiger partial charge in [0, 0.05) is 19.2 Å². The van der Waals surface area contributed by atoms with Crippen molar-refractivity contribution in [3.63, 3.8) is 0 Å². The minimum atomic E-state index is -0.636. The van der Waals surface area contributed by atoms with E-state index in [0.29, 0.717) is 5.70 Å². The average Bonchev–Trinajstić information content (AvgIpc) is 2.06. The van der Waals surface area contributed by atoms with Gasteiger partial charge in [-0.15, -0.1) is 0 Å². The van der Waals surface area contributed by atoms with Crippen LogP contribution in [-0.4, -0.2) is 19.2 Å². The SMILES string of the molecule is COC1(C(C)C)N=CC(N)=CN1. The van der Waals surface area contributed by atoms with Gasteiger partial charge in [-0.1, -0.05) is 13.8 Å². The Morgan fingerprint density at radius 2 is 2.33 bits per heavy atom. The third-order valence-electron chi connectivity index (χ3n) is 1.94. The molecular weight excluding hydrogens is 154 g/mol. The Bertz CT molecular complexity index is 222. The van der Waals surface area contributed by atoms with Gasteiger partial charge in [0.1, 0.15) is 0 Å². The van der Waals surface area contributed by atoms with Crippen molar-refractivity contribution in [2.75, 3.05) is 7.11 Å². The summed E-state index contributed by atoms with van der Waals surface area (Å²) >= 11 is 0. The van der Waals surface area contributed by atoms with Crippen molar-refractivity contribution in [3.05, 3.63) is 11.9 Å². The quantitative estimate of drug-likeness (QED) is 0.629. The molecule has 4 nitrogen and oxygen atoms in total. The van der Waals surface area contributed by atoms with Crippen molar-refractivity contribution in [1.82, 2.24) is 5.32 Å². The van der Waals surface area contributed by atoms with Crippen molar-refractivity contribution in [1.29, 1.82) is 0 Å². The summed E-state index contributed by atoms with van der Waals surface area (Å²) in [5, 5.41) is 3.02. The van der Waals surface area contributed by atoms with Crippen LogP contribution in [0.1, 0.15) is 13.8 Å². The van der Waals surface area contributed by atoms with Gasteiger partial charge >= 0.3 is 0 Å². The van der Waals surface area contributed by atoms with Gasteiger partial charge in [0.25, 0.3) is 0 Å². The number of nitrogens with zero attached hydrogens (tertiary/aromatic N) is 1. The van der Waals surface area contributed by atoms with Crippen LogP contribution in [0.25, 0.3) is 0 Å². The Morgan fingerprint density at radius 1 is 1.67 bits per heavy atom. The minimum absolute atomic E-state index is 0.253. The molecule has 0 aromatic heterocycles.